The number of hydrogen-bond donors (Lipinski definition) is 0. The molecule has 1 amide bonds. The summed E-state index contributed by atoms with van der Waals surface area (Å²) >= 11 is 0. The molecule has 26 heavy (non-hydrogen) atoms. The minimum absolute atomic E-state index is 0.0182. The zero-order valence-electron chi connectivity index (χ0n) is 13.9. The third-order valence-electron chi connectivity index (χ3n) is 4.15. The molecule has 0 saturated heterocycles. The Balaban J connectivity index is 1.68. The molecule has 0 atom stereocenters. The summed E-state index contributed by atoms with van der Waals surface area (Å²) in [6.07, 6.45) is 0.519. The molecule has 3 rings (SSSR count). The van der Waals surface area contributed by atoms with Crippen molar-refractivity contribution in [1.29, 1.82) is 0 Å². The van der Waals surface area contributed by atoms with Crippen molar-refractivity contribution in [3.8, 4) is 5.75 Å². The zero-order valence-corrected chi connectivity index (χ0v) is 13.9. The van der Waals surface area contributed by atoms with Gasteiger partial charge < -0.3 is 9.64 Å². The Labute approximate surface area is 148 Å². The standard InChI is InChI=1S/C18H15FN2O5/c1-11(22)15-4-3-14(9-16(15)19)26-10-18(23)20-7-6-12-8-13(21(24)25)2-5-17(12)20/h2-5,8-9H,6-7,10H2,1H3. The van der Waals surface area contributed by atoms with Crippen molar-refractivity contribution in [3.05, 3.63) is 63.5 Å². The molecule has 1 aliphatic heterocycles. The highest BCUT2D eigenvalue weighted by atomic mass is 19.1. The summed E-state index contributed by atoms with van der Waals surface area (Å²) in [6.45, 7) is 1.35. The maximum atomic E-state index is 13.8. The van der Waals surface area contributed by atoms with E-state index in [-0.39, 0.29) is 29.5 Å². The quantitative estimate of drug-likeness (QED) is 0.466. The van der Waals surface area contributed by atoms with Gasteiger partial charge in [-0.1, -0.05) is 0 Å². The highest BCUT2D eigenvalue weighted by molar-refractivity contribution is 5.97. The number of rotatable bonds is 5. The summed E-state index contributed by atoms with van der Waals surface area (Å²) in [7, 11) is 0. The minimum Gasteiger partial charge on any atom is -0.484 e. The summed E-state index contributed by atoms with van der Waals surface area (Å²) in [4.78, 5) is 35.4. The van der Waals surface area contributed by atoms with Crippen LogP contribution in [0.3, 0.4) is 0 Å². The largest absolute Gasteiger partial charge is 0.484 e. The fourth-order valence-corrected chi connectivity index (χ4v) is 2.85. The van der Waals surface area contributed by atoms with Gasteiger partial charge in [0.1, 0.15) is 11.6 Å². The van der Waals surface area contributed by atoms with E-state index < -0.39 is 16.5 Å². The van der Waals surface area contributed by atoms with Crippen molar-refractivity contribution in [2.45, 2.75) is 13.3 Å². The molecule has 2 aromatic carbocycles. The maximum absolute atomic E-state index is 13.8. The molecule has 0 radical (unpaired) electrons. The average Bonchev–Trinajstić information content (AvgIpc) is 3.02. The lowest BCUT2D eigenvalue weighted by atomic mass is 10.1. The van der Waals surface area contributed by atoms with E-state index in [1.807, 2.05) is 0 Å². The second kappa shape index (κ2) is 6.91. The van der Waals surface area contributed by atoms with Gasteiger partial charge >= 0.3 is 0 Å². The van der Waals surface area contributed by atoms with Crippen LogP contribution in [-0.2, 0) is 11.2 Å². The smallest absolute Gasteiger partial charge is 0.269 e. The van der Waals surface area contributed by atoms with Gasteiger partial charge in [0.15, 0.2) is 12.4 Å². The molecule has 0 bridgehead atoms. The number of nitro groups is 1. The van der Waals surface area contributed by atoms with Crippen LogP contribution in [0.1, 0.15) is 22.8 Å². The number of ether oxygens (including phenoxy) is 1. The fourth-order valence-electron chi connectivity index (χ4n) is 2.85. The van der Waals surface area contributed by atoms with E-state index in [9.17, 15) is 24.1 Å². The Bertz CT molecular complexity index is 912. The number of halogens is 1. The van der Waals surface area contributed by atoms with E-state index in [0.717, 1.165) is 11.6 Å². The summed E-state index contributed by atoms with van der Waals surface area (Å²) in [6, 6.07) is 8.14. The molecule has 0 spiro atoms. The Morgan fingerprint density at radius 3 is 2.69 bits per heavy atom. The molecular formula is C18H15FN2O5. The van der Waals surface area contributed by atoms with Gasteiger partial charge in [-0.2, -0.15) is 0 Å². The Hall–Kier alpha value is -3.29. The molecule has 1 heterocycles. The van der Waals surface area contributed by atoms with Gasteiger partial charge in [-0.15, -0.1) is 0 Å². The first-order valence-electron chi connectivity index (χ1n) is 7.88. The van der Waals surface area contributed by atoms with Gasteiger partial charge in [-0.05, 0) is 37.1 Å². The molecule has 134 valence electrons. The SMILES string of the molecule is CC(=O)c1ccc(OCC(=O)N2CCc3cc([N+](=O)[O-])ccc32)cc1F. The first-order valence-corrected chi connectivity index (χ1v) is 7.88. The van der Waals surface area contributed by atoms with Crippen LogP contribution in [0.5, 0.6) is 5.75 Å². The minimum atomic E-state index is -0.707. The number of hydrogen-bond acceptors (Lipinski definition) is 5. The topological polar surface area (TPSA) is 89.8 Å². The number of non-ortho nitro benzene ring substituents is 1. The lowest BCUT2D eigenvalue weighted by Crippen LogP contribution is -2.33. The Morgan fingerprint density at radius 1 is 1.27 bits per heavy atom. The molecule has 0 aromatic heterocycles. The number of ketones is 1. The van der Waals surface area contributed by atoms with Crippen LogP contribution >= 0.6 is 0 Å². The van der Waals surface area contributed by atoms with E-state index in [4.69, 9.17) is 4.74 Å². The van der Waals surface area contributed by atoms with E-state index in [1.165, 1.54) is 36.1 Å². The fraction of sp³-hybridized carbons (Fsp3) is 0.222. The van der Waals surface area contributed by atoms with Gasteiger partial charge in [0, 0.05) is 30.4 Å². The van der Waals surface area contributed by atoms with E-state index in [0.29, 0.717) is 18.7 Å². The number of carbonyl (C=O) groups excluding carboxylic acids is 2. The molecule has 0 unspecified atom stereocenters. The lowest BCUT2D eigenvalue weighted by molar-refractivity contribution is -0.384. The summed E-state index contributed by atoms with van der Waals surface area (Å²) in [5, 5.41) is 10.8. The summed E-state index contributed by atoms with van der Waals surface area (Å²) in [5.41, 5.74) is 1.28. The van der Waals surface area contributed by atoms with Gasteiger partial charge in [0.25, 0.3) is 11.6 Å². The Morgan fingerprint density at radius 2 is 2.04 bits per heavy atom. The first-order chi connectivity index (χ1) is 12.4. The molecule has 0 saturated carbocycles. The van der Waals surface area contributed by atoms with Crippen LogP contribution in [0.15, 0.2) is 36.4 Å². The first kappa shape index (κ1) is 17.5. The molecule has 1 aliphatic rings. The van der Waals surface area contributed by atoms with Crippen LogP contribution in [-0.4, -0.2) is 29.8 Å². The molecule has 2 aromatic rings. The highest BCUT2D eigenvalue weighted by Gasteiger charge is 2.26. The van der Waals surface area contributed by atoms with Crippen LogP contribution in [0, 0.1) is 15.9 Å². The zero-order chi connectivity index (χ0) is 18.8. The number of carbonyl (C=O) groups is 2. The highest BCUT2D eigenvalue weighted by Crippen LogP contribution is 2.31. The van der Waals surface area contributed by atoms with E-state index in [2.05, 4.69) is 0 Å². The van der Waals surface area contributed by atoms with Crippen molar-refractivity contribution >= 4 is 23.1 Å². The predicted molar refractivity (Wildman–Crippen MR) is 91.1 cm³/mol. The number of fused-ring (bicyclic) bond motifs is 1. The lowest BCUT2D eigenvalue weighted by Gasteiger charge is -2.17. The second-order valence-electron chi connectivity index (χ2n) is 5.85. The number of nitro benzene ring substituents is 1. The third-order valence-corrected chi connectivity index (χ3v) is 4.15. The van der Waals surface area contributed by atoms with Gasteiger partial charge in [-0.3, -0.25) is 19.7 Å². The third kappa shape index (κ3) is 3.39. The number of Topliss-reactive ketones (excluding diaryl/α,β-unsaturated/α-hetero) is 1. The van der Waals surface area contributed by atoms with Crippen LogP contribution in [0.25, 0.3) is 0 Å². The maximum Gasteiger partial charge on any atom is 0.269 e. The molecule has 0 fully saturated rings. The molecule has 0 N–H and O–H groups in total. The second-order valence-corrected chi connectivity index (χ2v) is 5.85. The van der Waals surface area contributed by atoms with E-state index >= 15 is 0 Å². The summed E-state index contributed by atoms with van der Waals surface area (Å²) < 4.78 is 19.1. The van der Waals surface area contributed by atoms with Crippen molar-refractivity contribution in [1.82, 2.24) is 0 Å². The number of nitrogens with zero attached hydrogens (tertiary/aromatic N) is 2. The molecular weight excluding hydrogens is 343 g/mol. The summed E-state index contributed by atoms with van der Waals surface area (Å²) in [5.74, 6) is -1.30. The molecule has 7 nitrogen and oxygen atoms in total. The predicted octanol–water partition coefficient (Wildman–Crippen LogP) is 2.90. The van der Waals surface area contributed by atoms with Gasteiger partial charge in [0.2, 0.25) is 0 Å². The number of benzene rings is 2. The van der Waals surface area contributed by atoms with Gasteiger partial charge in [0.05, 0.1) is 10.5 Å². The van der Waals surface area contributed by atoms with Crippen LogP contribution in [0.4, 0.5) is 15.8 Å². The number of amides is 1. The van der Waals surface area contributed by atoms with Gasteiger partial charge in [-0.25, -0.2) is 4.39 Å². The van der Waals surface area contributed by atoms with E-state index in [1.54, 1.807) is 6.07 Å². The Kier molecular flexibility index (Phi) is 4.66. The normalized spacial score (nSPS) is 12.6. The van der Waals surface area contributed by atoms with Crippen molar-refractivity contribution in [3.63, 3.8) is 0 Å². The average molecular weight is 358 g/mol. The van der Waals surface area contributed by atoms with Crippen molar-refractivity contribution in [2.75, 3.05) is 18.1 Å². The monoisotopic (exact) mass is 358 g/mol. The number of anilines is 1. The van der Waals surface area contributed by atoms with Crippen LogP contribution in [0.2, 0.25) is 0 Å². The van der Waals surface area contributed by atoms with Crippen LogP contribution < -0.4 is 9.64 Å². The van der Waals surface area contributed by atoms with Crippen molar-refractivity contribution in [2.24, 2.45) is 0 Å². The molecule has 0 aliphatic carbocycles. The molecule has 8 heteroatoms. The van der Waals surface area contributed by atoms with Crippen molar-refractivity contribution < 1.29 is 23.6 Å².